The molecule has 2 aromatic carbocycles. The van der Waals surface area contributed by atoms with E-state index < -0.39 is 0 Å². The van der Waals surface area contributed by atoms with Crippen LogP contribution in [0.5, 0.6) is 0 Å². The first-order valence-corrected chi connectivity index (χ1v) is 9.82. The van der Waals surface area contributed by atoms with Crippen LogP contribution in [0.2, 0.25) is 0 Å². The van der Waals surface area contributed by atoms with Crippen LogP contribution in [0.4, 0.5) is 0 Å². The Hall–Kier alpha value is -4.18. The highest BCUT2D eigenvalue weighted by Gasteiger charge is 2.05. The van der Waals surface area contributed by atoms with E-state index in [9.17, 15) is 0 Å². The van der Waals surface area contributed by atoms with Crippen LogP contribution in [0, 0.1) is 0 Å². The van der Waals surface area contributed by atoms with E-state index in [1.807, 2.05) is 60.9 Å². The Balaban J connectivity index is 1.44. The van der Waals surface area contributed by atoms with E-state index in [0.29, 0.717) is 0 Å². The Labute approximate surface area is 172 Å². The van der Waals surface area contributed by atoms with Gasteiger partial charge in [-0.25, -0.2) is 9.97 Å². The molecule has 0 unspecified atom stereocenters. The van der Waals surface area contributed by atoms with Crippen LogP contribution >= 0.6 is 0 Å². The van der Waals surface area contributed by atoms with Crippen molar-refractivity contribution in [3.63, 3.8) is 0 Å². The van der Waals surface area contributed by atoms with Crippen molar-refractivity contribution in [1.82, 2.24) is 19.9 Å². The minimum Gasteiger partial charge on any atom is -0.256 e. The van der Waals surface area contributed by atoms with E-state index in [1.54, 1.807) is 0 Å². The fourth-order valence-corrected chi connectivity index (χ4v) is 3.87. The zero-order valence-corrected chi connectivity index (χ0v) is 16.0. The monoisotopic (exact) mass is 384 g/mol. The lowest BCUT2D eigenvalue weighted by Crippen LogP contribution is -1.88. The Morgan fingerprint density at radius 3 is 1.47 bits per heavy atom. The summed E-state index contributed by atoms with van der Waals surface area (Å²) < 4.78 is 0. The van der Waals surface area contributed by atoms with Crippen molar-refractivity contribution in [2.75, 3.05) is 0 Å². The predicted molar refractivity (Wildman–Crippen MR) is 123 cm³/mol. The lowest BCUT2D eigenvalue weighted by atomic mass is 10.1. The molecule has 0 atom stereocenters. The van der Waals surface area contributed by atoms with Crippen LogP contribution in [0.3, 0.4) is 0 Å². The van der Waals surface area contributed by atoms with Gasteiger partial charge in [0.15, 0.2) is 0 Å². The minimum atomic E-state index is 0.889. The molecular weight excluding hydrogens is 368 g/mol. The zero-order valence-electron chi connectivity index (χ0n) is 16.0. The normalized spacial score (nSPS) is 11.9. The maximum absolute atomic E-state index is 4.87. The summed E-state index contributed by atoms with van der Waals surface area (Å²) in [6.07, 6.45) is 7.63. The van der Waals surface area contributed by atoms with Gasteiger partial charge in [-0.05, 0) is 60.7 Å². The summed E-state index contributed by atoms with van der Waals surface area (Å²) in [6.45, 7) is 0. The third-order valence-corrected chi connectivity index (χ3v) is 5.35. The molecular formula is C26H16N4. The molecule has 6 rings (SSSR count). The van der Waals surface area contributed by atoms with Gasteiger partial charge in [-0.15, -0.1) is 0 Å². The smallest absolute Gasteiger partial charge is 0.0803 e. The SMILES string of the molecule is C(=Cc1ccc2ccc3ncccc3c2n1)c1ccc2ccc3ncccc3c2n1. The van der Waals surface area contributed by atoms with E-state index in [2.05, 4.69) is 46.4 Å². The molecule has 4 nitrogen and oxygen atoms in total. The molecule has 6 aromatic rings. The summed E-state index contributed by atoms with van der Waals surface area (Å²) in [5.74, 6) is 0. The lowest BCUT2D eigenvalue weighted by molar-refractivity contribution is 1.35. The van der Waals surface area contributed by atoms with Crippen molar-refractivity contribution >= 4 is 55.8 Å². The molecule has 4 heteroatoms. The van der Waals surface area contributed by atoms with Gasteiger partial charge >= 0.3 is 0 Å². The van der Waals surface area contributed by atoms with Crippen LogP contribution in [-0.4, -0.2) is 19.9 Å². The molecule has 0 saturated heterocycles. The van der Waals surface area contributed by atoms with Crippen LogP contribution in [0.15, 0.2) is 85.2 Å². The molecule has 0 aliphatic heterocycles. The molecule has 0 amide bonds. The third-order valence-electron chi connectivity index (χ3n) is 5.35. The van der Waals surface area contributed by atoms with Crippen molar-refractivity contribution in [1.29, 1.82) is 0 Å². The first kappa shape index (κ1) is 16.7. The zero-order chi connectivity index (χ0) is 19.9. The fraction of sp³-hybridized carbons (Fsp3) is 0. The van der Waals surface area contributed by atoms with Gasteiger partial charge in [-0.1, -0.05) is 24.3 Å². The number of aromatic nitrogens is 4. The van der Waals surface area contributed by atoms with E-state index in [-0.39, 0.29) is 0 Å². The summed E-state index contributed by atoms with van der Waals surface area (Å²) in [7, 11) is 0. The van der Waals surface area contributed by atoms with Crippen LogP contribution in [0.25, 0.3) is 55.8 Å². The van der Waals surface area contributed by atoms with Gasteiger partial charge < -0.3 is 0 Å². The van der Waals surface area contributed by atoms with Crippen molar-refractivity contribution in [3.8, 4) is 0 Å². The van der Waals surface area contributed by atoms with Gasteiger partial charge in [0.2, 0.25) is 0 Å². The minimum absolute atomic E-state index is 0.889. The highest BCUT2D eigenvalue weighted by Crippen LogP contribution is 2.24. The molecule has 4 aromatic heterocycles. The number of fused-ring (bicyclic) bond motifs is 6. The molecule has 0 radical (unpaired) electrons. The number of nitrogens with zero attached hydrogens (tertiary/aromatic N) is 4. The summed E-state index contributed by atoms with van der Waals surface area (Å²) in [5.41, 5.74) is 5.61. The van der Waals surface area contributed by atoms with Gasteiger partial charge in [0, 0.05) is 33.9 Å². The molecule has 30 heavy (non-hydrogen) atoms. The number of hydrogen-bond donors (Lipinski definition) is 0. The van der Waals surface area contributed by atoms with Crippen molar-refractivity contribution in [3.05, 3.63) is 96.6 Å². The van der Waals surface area contributed by atoms with Crippen molar-refractivity contribution < 1.29 is 0 Å². The standard InChI is InChI=1S/C26H16N4/c1-3-21-23(27-15-1)13-7-17-5-9-19(29-25(17)21)11-12-20-10-6-18-8-14-24-22(26(18)30-20)4-2-16-28-24/h1-16H. The first-order valence-electron chi connectivity index (χ1n) is 9.82. The van der Waals surface area contributed by atoms with E-state index in [4.69, 9.17) is 9.97 Å². The molecule has 0 fully saturated rings. The largest absolute Gasteiger partial charge is 0.256 e. The van der Waals surface area contributed by atoms with E-state index >= 15 is 0 Å². The molecule has 0 aliphatic rings. The second kappa shape index (κ2) is 6.71. The molecule has 0 spiro atoms. The van der Waals surface area contributed by atoms with Gasteiger partial charge in [0.25, 0.3) is 0 Å². The highest BCUT2D eigenvalue weighted by molar-refractivity contribution is 6.05. The molecule has 140 valence electrons. The Morgan fingerprint density at radius 2 is 0.967 bits per heavy atom. The molecule has 0 saturated carbocycles. The highest BCUT2D eigenvalue weighted by atomic mass is 14.7. The number of pyridine rings is 4. The summed E-state index contributed by atoms with van der Waals surface area (Å²) >= 11 is 0. The molecule has 0 aliphatic carbocycles. The Bertz CT molecular complexity index is 1480. The fourth-order valence-electron chi connectivity index (χ4n) is 3.87. The van der Waals surface area contributed by atoms with E-state index in [1.165, 1.54) is 0 Å². The first-order chi connectivity index (χ1) is 14.8. The number of rotatable bonds is 2. The van der Waals surface area contributed by atoms with Crippen LogP contribution in [0.1, 0.15) is 11.4 Å². The average molecular weight is 384 g/mol. The van der Waals surface area contributed by atoms with Gasteiger partial charge in [-0.2, -0.15) is 0 Å². The molecule has 4 heterocycles. The van der Waals surface area contributed by atoms with Crippen LogP contribution < -0.4 is 0 Å². The van der Waals surface area contributed by atoms with Crippen molar-refractivity contribution in [2.45, 2.75) is 0 Å². The second-order valence-electron chi connectivity index (χ2n) is 7.22. The van der Waals surface area contributed by atoms with Gasteiger partial charge in [0.05, 0.1) is 33.5 Å². The average Bonchev–Trinajstić information content (AvgIpc) is 2.82. The van der Waals surface area contributed by atoms with E-state index in [0.717, 1.165) is 55.0 Å². The second-order valence-corrected chi connectivity index (χ2v) is 7.22. The van der Waals surface area contributed by atoms with Gasteiger partial charge in [0.1, 0.15) is 0 Å². The molecule has 0 bridgehead atoms. The lowest BCUT2D eigenvalue weighted by Gasteiger charge is -2.04. The summed E-state index contributed by atoms with van der Waals surface area (Å²) in [5, 5.41) is 4.34. The third kappa shape index (κ3) is 2.78. The summed E-state index contributed by atoms with van der Waals surface area (Å²) in [6, 6.07) is 24.5. The topological polar surface area (TPSA) is 51.6 Å². The number of benzene rings is 2. The number of hydrogen-bond acceptors (Lipinski definition) is 4. The van der Waals surface area contributed by atoms with Crippen LogP contribution in [-0.2, 0) is 0 Å². The molecule has 0 N–H and O–H groups in total. The van der Waals surface area contributed by atoms with Gasteiger partial charge in [-0.3, -0.25) is 9.97 Å². The Kier molecular flexibility index (Phi) is 3.74. The summed E-state index contributed by atoms with van der Waals surface area (Å²) in [4.78, 5) is 18.6. The van der Waals surface area contributed by atoms with Crippen molar-refractivity contribution in [2.24, 2.45) is 0 Å². The maximum Gasteiger partial charge on any atom is 0.0803 e. The maximum atomic E-state index is 4.87. The predicted octanol–water partition coefficient (Wildman–Crippen LogP) is 6.05. The quantitative estimate of drug-likeness (QED) is 0.341. The Morgan fingerprint density at radius 1 is 0.500 bits per heavy atom.